The molecule has 0 saturated carbocycles. The molecule has 13 heavy (non-hydrogen) atoms. The van der Waals surface area contributed by atoms with Crippen molar-refractivity contribution in [3.63, 3.8) is 0 Å². The van der Waals surface area contributed by atoms with E-state index in [1.165, 1.54) is 13.8 Å². The van der Waals surface area contributed by atoms with Crippen molar-refractivity contribution in [3.05, 3.63) is 0 Å². The van der Waals surface area contributed by atoms with E-state index >= 15 is 0 Å². The van der Waals surface area contributed by atoms with Gasteiger partial charge in [0.05, 0.1) is 5.16 Å². The maximum Gasteiger partial charge on any atom is 0.331 e. The van der Waals surface area contributed by atoms with E-state index < -0.39 is 25.4 Å². The van der Waals surface area contributed by atoms with Crippen LogP contribution in [0.3, 0.4) is 0 Å². The molecule has 0 aliphatic carbocycles. The van der Waals surface area contributed by atoms with Gasteiger partial charge in [0, 0.05) is 6.42 Å². The highest BCUT2D eigenvalue weighted by Gasteiger charge is 2.39. The van der Waals surface area contributed by atoms with Crippen LogP contribution in [0.4, 0.5) is 0 Å². The third kappa shape index (κ3) is 3.87. The molecule has 0 aliphatic heterocycles. The summed E-state index contributed by atoms with van der Waals surface area (Å²) in [5.74, 6) is -0.587. The van der Waals surface area contributed by atoms with Crippen LogP contribution in [0, 0.1) is 0 Å². The molecule has 0 atom stereocenters. The van der Waals surface area contributed by atoms with Gasteiger partial charge in [0.25, 0.3) is 0 Å². The third-order valence-corrected chi connectivity index (χ3v) is 3.39. The minimum atomic E-state index is -4.29. The highest BCUT2D eigenvalue weighted by atomic mass is 31.2. The summed E-state index contributed by atoms with van der Waals surface area (Å²) in [7, 11) is -4.29. The van der Waals surface area contributed by atoms with Crippen molar-refractivity contribution in [2.75, 3.05) is 6.73 Å². The molecule has 0 unspecified atom stereocenters. The minimum Gasteiger partial charge on any atom is -0.377 e. The number of hydrogen-bond acceptors (Lipinski definition) is 3. The first kappa shape index (κ1) is 12.6. The number of aliphatic hydroxyl groups is 1. The number of carbonyl (C=O) groups excluding carboxylic acids is 1. The van der Waals surface area contributed by atoms with Gasteiger partial charge in [0.1, 0.15) is 6.73 Å². The zero-order valence-corrected chi connectivity index (χ0v) is 8.41. The van der Waals surface area contributed by atoms with Crippen molar-refractivity contribution in [1.29, 1.82) is 0 Å². The number of nitrogens with one attached hydrogen (secondary N) is 1. The monoisotopic (exact) mass is 211 g/mol. The lowest BCUT2D eigenvalue weighted by atomic mass is 10.1. The molecule has 6 nitrogen and oxygen atoms in total. The second kappa shape index (κ2) is 4.19. The SMILES string of the molecule is CC(C)(CC(=O)NCO)P(=O)(O)O. The predicted octanol–water partition coefficient (Wildman–Crippen LogP) is -0.601. The highest BCUT2D eigenvalue weighted by Crippen LogP contribution is 2.51. The molecule has 0 aromatic carbocycles. The fourth-order valence-corrected chi connectivity index (χ4v) is 0.996. The van der Waals surface area contributed by atoms with E-state index in [0.29, 0.717) is 0 Å². The van der Waals surface area contributed by atoms with E-state index in [1.54, 1.807) is 0 Å². The second-order valence-corrected chi connectivity index (χ2v) is 5.59. The molecule has 0 heterocycles. The Hall–Kier alpha value is -0.420. The molecule has 0 aromatic heterocycles. The molecule has 78 valence electrons. The Morgan fingerprint density at radius 2 is 1.92 bits per heavy atom. The van der Waals surface area contributed by atoms with Gasteiger partial charge in [-0.3, -0.25) is 9.36 Å². The number of carbonyl (C=O) groups is 1. The summed E-state index contributed by atoms with van der Waals surface area (Å²) in [6.45, 7) is 2.06. The predicted molar refractivity (Wildman–Crippen MR) is 46.0 cm³/mol. The summed E-state index contributed by atoms with van der Waals surface area (Å²) in [5, 5.41) is 8.96. The van der Waals surface area contributed by atoms with Gasteiger partial charge in [0.2, 0.25) is 5.91 Å². The zero-order valence-electron chi connectivity index (χ0n) is 7.52. The Labute approximate surface area is 76.1 Å². The smallest absolute Gasteiger partial charge is 0.331 e. The van der Waals surface area contributed by atoms with Crippen molar-refractivity contribution in [1.82, 2.24) is 5.32 Å². The van der Waals surface area contributed by atoms with Gasteiger partial charge in [-0.2, -0.15) is 0 Å². The number of hydrogen-bond donors (Lipinski definition) is 4. The van der Waals surface area contributed by atoms with E-state index in [2.05, 4.69) is 0 Å². The largest absolute Gasteiger partial charge is 0.377 e. The van der Waals surface area contributed by atoms with E-state index in [1.807, 2.05) is 5.32 Å². The average molecular weight is 211 g/mol. The van der Waals surface area contributed by atoms with Crippen LogP contribution < -0.4 is 5.32 Å². The summed E-state index contributed by atoms with van der Waals surface area (Å²) >= 11 is 0. The van der Waals surface area contributed by atoms with Crippen LogP contribution in [0.1, 0.15) is 20.3 Å². The number of aliphatic hydroxyl groups excluding tert-OH is 1. The maximum absolute atomic E-state index is 10.9. The van der Waals surface area contributed by atoms with Crippen LogP contribution in [-0.2, 0) is 9.36 Å². The van der Waals surface area contributed by atoms with Crippen molar-refractivity contribution >= 4 is 13.5 Å². The van der Waals surface area contributed by atoms with Gasteiger partial charge >= 0.3 is 7.60 Å². The number of amides is 1. The normalized spacial score (nSPS) is 12.7. The van der Waals surface area contributed by atoms with Gasteiger partial charge in [0.15, 0.2) is 0 Å². The van der Waals surface area contributed by atoms with Crippen molar-refractivity contribution < 1.29 is 24.3 Å². The quantitative estimate of drug-likeness (QED) is 0.367. The molecule has 0 fully saturated rings. The van der Waals surface area contributed by atoms with Gasteiger partial charge in [-0.05, 0) is 13.8 Å². The molecule has 0 rings (SSSR count). The van der Waals surface area contributed by atoms with E-state index in [9.17, 15) is 9.36 Å². The summed E-state index contributed by atoms with van der Waals surface area (Å²) in [6.07, 6.45) is -0.322. The first-order valence-electron chi connectivity index (χ1n) is 3.64. The lowest BCUT2D eigenvalue weighted by Crippen LogP contribution is -2.32. The van der Waals surface area contributed by atoms with Crippen molar-refractivity contribution in [3.8, 4) is 0 Å². The lowest BCUT2D eigenvalue weighted by molar-refractivity contribution is -0.122. The number of rotatable bonds is 4. The van der Waals surface area contributed by atoms with Crippen LogP contribution in [0.15, 0.2) is 0 Å². The van der Waals surface area contributed by atoms with Gasteiger partial charge < -0.3 is 20.2 Å². The Morgan fingerprint density at radius 3 is 2.23 bits per heavy atom. The molecule has 0 aromatic rings. The second-order valence-electron chi connectivity index (χ2n) is 3.29. The molecule has 0 bridgehead atoms. The zero-order chi connectivity index (χ0) is 10.7. The summed E-state index contributed by atoms with van der Waals surface area (Å²) in [6, 6.07) is 0. The van der Waals surface area contributed by atoms with Crippen molar-refractivity contribution in [2.45, 2.75) is 25.4 Å². The summed E-state index contributed by atoms with van der Waals surface area (Å²) < 4.78 is 10.8. The Morgan fingerprint density at radius 1 is 1.46 bits per heavy atom. The molecule has 4 N–H and O–H groups in total. The molecule has 7 heteroatoms. The summed E-state index contributed by atoms with van der Waals surface area (Å²) in [4.78, 5) is 28.6. The first-order chi connectivity index (χ1) is 5.70. The van der Waals surface area contributed by atoms with Crippen LogP contribution in [0.5, 0.6) is 0 Å². The Kier molecular flexibility index (Phi) is 4.06. The molecule has 1 amide bonds. The van der Waals surface area contributed by atoms with E-state index in [0.717, 1.165) is 0 Å². The molecule has 0 aliphatic rings. The van der Waals surface area contributed by atoms with Crippen LogP contribution in [0.25, 0.3) is 0 Å². The van der Waals surface area contributed by atoms with Gasteiger partial charge in [-0.15, -0.1) is 0 Å². The summed E-state index contributed by atoms with van der Waals surface area (Å²) in [5.41, 5.74) is 0. The van der Waals surface area contributed by atoms with E-state index in [4.69, 9.17) is 14.9 Å². The minimum absolute atomic E-state index is 0.322. The standard InChI is InChI=1S/C6H14NO5P/c1-6(2,13(10,11)12)3-5(9)7-4-8/h8H,3-4H2,1-2H3,(H,7,9)(H2,10,11,12). The first-order valence-corrected chi connectivity index (χ1v) is 5.25. The van der Waals surface area contributed by atoms with Crippen LogP contribution in [-0.4, -0.2) is 32.7 Å². The lowest BCUT2D eigenvalue weighted by Gasteiger charge is -2.24. The Balaban J connectivity index is 4.35. The highest BCUT2D eigenvalue weighted by molar-refractivity contribution is 7.53. The van der Waals surface area contributed by atoms with E-state index in [-0.39, 0.29) is 6.42 Å². The average Bonchev–Trinajstić information content (AvgIpc) is 1.83. The fraction of sp³-hybridized carbons (Fsp3) is 0.833. The molecular weight excluding hydrogens is 197 g/mol. The Bertz CT molecular complexity index is 233. The van der Waals surface area contributed by atoms with Gasteiger partial charge in [-0.1, -0.05) is 0 Å². The van der Waals surface area contributed by atoms with Crippen molar-refractivity contribution in [2.24, 2.45) is 0 Å². The molecule has 0 spiro atoms. The fourth-order valence-electron chi connectivity index (χ4n) is 0.647. The van der Waals surface area contributed by atoms with Gasteiger partial charge in [-0.25, -0.2) is 0 Å². The molecular formula is C6H14NO5P. The molecule has 0 saturated heterocycles. The topological polar surface area (TPSA) is 107 Å². The maximum atomic E-state index is 10.9. The third-order valence-electron chi connectivity index (χ3n) is 1.66. The molecule has 0 radical (unpaired) electrons. The van der Waals surface area contributed by atoms with Crippen LogP contribution >= 0.6 is 7.60 Å². The van der Waals surface area contributed by atoms with Crippen LogP contribution in [0.2, 0.25) is 0 Å².